The van der Waals surface area contributed by atoms with Crippen molar-refractivity contribution >= 4 is 29.3 Å². The smallest absolute Gasteiger partial charge is 0.407 e. The van der Waals surface area contributed by atoms with E-state index in [-0.39, 0.29) is 23.9 Å². The Kier molecular flexibility index (Phi) is 6.69. The maximum atomic E-state index is 12.5. The van der Waals surface area contributed by atoms with E-state index >= 15 is 0 Å². The second kappa shape index (κ2) is 9.83. The zero-order valence-electron chi connectivity index (χ0n) is 17.9. The lowest BCUT2D eigenvalue weighted by Gasteiger charge is -2.18. The molecule has 3 aromatic rings. The summed E-state index contributed by atoms with van der Waals surface area (Å²) < 4.78 is 5.51. The van der Waals surface area contributed by atoms with E-state index in [4.69, 9.17) is 9.84 Å². The highest BCUT2D eigenvalue weighted by atomic mass is 32.1. The molecule has 0 saturated carbocycles. The lowest BCUT2D eigenvalue weighted by molar-refractivity contribution is -0.123. The number of hydrogen-bond acceptors (Lipinski definition) is 6. The van der Waals surface area contributed by atoms with Gasteiger partial charge in [0.1, 0.15) is 22.5 Å². The predicted molar refractivity (Wildman–Crippen MR) is 123 cm³/mol. The topological polar surface area (TPSA) is 118 Å². The molecule has 0 bridgehead atoms. The van der Waals surface area contributed by atoms with Crippen molar-refractivity contribution in [2.75, 3.05) is 6.61 Å². The first kappa shape index (κ1) is 22.5. The summed E-state index contributed by atoms with van der Waals surface area (Å²) >= 11 is 0.990. The van der Waals surface area contributed by atoms with Gasteiger partial charge >= 0.3 is 12.1 Å². The third-order valence-electron chi connectivity index (χ3n) is 5.54. The highest BCUT2D eigenvalue weighted by Gasteiger charge is 2.29. The van der Waals surface area contributed by atoms with Crippen molar-refractivity contribution in [1.82, 2.24) is 15.6 Å². The molecule has 0 aliphatic heterocycles. The summed E-state index contributed by atoms with van der Waals surface area (Å²) in [7, 11) is 0. The molecule has 0 unspecified atom stereocenters. The number of alkyl carbamates (subject to hydrolysis) is 1. The number of aromatic nitrogens is 1. The Labute approximate surface area is 194 Å². The number of ether oxygens (including phenoxy) is 1. The quantitative estimate of drug-likeness (QED) is 0.466. The van der Waals surface area contributed by atoms with Crippen LogP contribution in [0.5, 0.6) is 0 Å². The van der Waals surface area contributed by atoms with Gasteiger partial charge in [0.2, 0.25) is 5.91 Å². The molecule has 1 aliphatic rings. The van der Waals surface area contributed by atoms with Gasteiger partial charge in [-0.05, 0) is 28.7 Å². The molecule has 33 heavy (non-hydrogen) atoms. The molecule has 0 spiro atoms. The van der Waals surface area contributed by atoms with Crippen LogP contribution in [0.3, 0.4) is 0 Å². The van der Waals surface area contributed by atoms with Crippen molar-refractivity contribution in [2.45, 2.75) is 31.8 Å². The van der Waals surface area contributed by atoms with Crippen LogP contribution in [0.15, 0.2) is 54.7 Å². The largest absolute Gasteiger partial charge is 0.477 e. The number of thiazole rings is 1. The van der Waals surface area contributed by atoms with Crippen molar-refractivity contribution in [2.24, 2.45) is 0 Å². The fourth-order valence-corrected chi connectivity index (χ4v) is 4.61. The number of rotatable bonds is 8. The first-order valence-electron chi connectivity index (χ1n) is 10.5. The van der Waals surface area contributed by atoms with Crippen molar-refractivity contribution in [3.05, 3.63) is 75.7 Å². The van der Waals surface area contributed by atoms with Crippen LogP contribution >= 0.6 is 11.3 Å². The van der Waals surface area contributed by atoms with Gasteiger partial charge in [-0.25, -0.2) is 14.6 Å². The number of carboxylic acids is 1. The van der Waals surface area contributed by atoms with Gasteiger partial charge in [0.15, 0.2) is 0 Å². The van der Waals surface area contributed by atoms with E-state index in [1.165, 1.54) is 6.20 Å². The van der Waals surface area contributed by atoms with E-state index in [1.54, 1.807) is 6.92 Å². The summed E-state index contributed by atoms with van der Waals surface area (Å²) in [6.45, 7) is 2.02. The Hall–Kier alpha value is -3.72. The summed E-state index contributed by atoms with van der Waals surface area (Å²) in [4.78, 5) is 40.0. The fraction of sp³-hybridized carbons (Fsp3) is 0.250. The number of aromatic carboxylic acids is 1. The molecule has 170 valence electrons. The van der Waals surface area contributed by atoms with Gasteiger partial charge in [0, 0.05) is 5.92 Å². The van der Waals surface area contributed by atoms with Crippen LogP contribution in [-0.2, 0) is 16.1 Å². The fourth-order valence-electron chi connectivity index (χ4n) is 3.91. The number of amides is 2. The SMILES string of the molecule is CC[C@@H](NC(=O)OCC1c2ccccc2-c2ccccc21)C(=O)NCc1ncc(C(=O)O)s1. The van der Waals surface area contributed by atoms with Crippen molar-refractivity contribution in [1.29, 1.82) is 0 Å². The summed E-state index contributed by atoms with van der Waals surface area (Å²) in [5.74, 6) is -1.52. The van der Waals surface area contributed by atoms with Gasteiger partial charge < -0.3 is 20.5 Å². The third-order valence-corrected chi connectivity index (χ3v) is 6.52. The Balaban J connectivity index is 1.33. The summed E-state index contributed by atoms with van der Waals surface area (Å²) in [6.07, 6.45) is 0.955. The van der Waals surface area contributed by atoms with Crippen molar-refractivity contribution < 1.29 is 24.2 Å². The number of nitrogens with one attached hydrogen (secondary N) is 2. The van der Waals surface area contributed by atoms with Gasteiger partial charge in [-0.3, -0.25) is 4.79 Å². The number of fused-ring (bicyclic) bond motifs is 3. The van der Waals surface area contributed by atoms with E-state index in [0.29, 0.717) is 11.4 Å². The molecule has 1 atom stereocenters. The highest BCUT2D eigenvalue weighted by molar-refractivity contribution is 7.13. The van der Waals surface area contributed by atoms with E-state index in [2.05, 4.69) is 27.8 Å². The lowest BCUT2D eigenvalue weighted by atomic mass is 9.98. The maximum Gasteiger partial charge on any atom is 0.407 e. The minimum atomic E-state index is -1.06. The molecule has 8 nitrogen and oxygen atoms in total. The van der Waals surface area contributed by atoms with Gasteiger partial charge in [-0.2, -0.15) is 0 Å². The van der Waals surface area contributed by atoms with E-state index in [0.717, 1.165) is 33.6 Å². The average molecular weight is 466 g/mol. The zero-order chi connectivity index (χ0) is 23.4. The van der Waals surface area contributed by atoms with Crippen LogP contribution in [0, 0.1) is 0 Å². The molecule has 1 aliphatic carbocycles. The van der Waals surface area contributed by atoms with E-state index in [1.807, 2.05) is 36.4 Å². The molecule has 1 aromatic heterocycles. The molecule has 2 amide bonds. The van der Waals surface area contributed by atoms with Crippen LogP contribution in [0.2, 0.25) is 0 Å². The Morgan fingerprint density at radius 1 is 1.09 bits per heavy atom. The molecule has 2 aromatic carbocycles. The van der Waals surface area contributed by atoms with E-state index < -0.39 is 24.0 Å². The van der Waals surface area contributed by atoms with Crippen LogP contribution in [0.4, 0.5) is 4.79 Å². The van der Waals surface area contributed by atoms with Gasteiger partial charge in [-0.1, -0.05) is 55.5 Å². The molecule has 0 radical (unpaired) electrons. The highest BCUT2D eigenvalue weighted by Crippen LogP contribution is 2.44. The first-order chi connectivity index (χ1) is 16.0. The standard InChI is InChI=1S/C24H23N3O5S/c1-2-19(22(28)26-12-21-25-11-20(33-21)23(29)30)27-24(31)32-13-18-16-9-5-3-7-14(16)15-8-4-6-10-17(15)18/h3-11,18-19H,2,12-13H2,1H3,(H,26,28)(H,27,31)(H,29,30)/t19-/m1/s1. The molecule has 0 fully saturated rings. The van der Waals surface area contributed by atoms with Crippen LogP contribution in [0.1, 0.15) is 45.1 Å². The number of carbonyl (C=O) groups excluding carboxylic acids is 2. The number of hydrogen-bond donors (Lipinski definition) is 3. The maximum absolute atomic E-state index is 12.5. The normalized spacial score (nSPS) is 13.0. The Morgan fingerprint density at radius 2 is 1.73 bits per heavy atom. The number of carboxylic acid groups (broad SMARTS) is 1. The van der Waals surface area contributed by atoms with Gasteiger partial charge in [0.05, 0.1) is 12.7 Å². The van der Waals surface area contributed by atoms with Crippen LogP contribution in [-0.4, -0.2) is 40.7 Å². The number of carbonyl (C=O) groups is 3. The van der Waals surface area contributed by atoms with Gasteiger partial charge in [-0.15, -0.1) is 11.3 Å². The summed E-state index contributed by atoms with van der Waals surface area (Å²) in [5.41, 5.74) is 4.50. The summed E-state index contributed by atoms with van der Waals surface area (Å²) in [6, 6.07) is 15.3. The van der Waals surface area contributed by atoms with Crippen LogP contribution < -0.4 is 10.6 Å². The minimum absolute atomic E-state index is 0.0645. The average Bonchev–Trinajstić information content (AvgIpc) is 3.43. The van der Waals surface area contributed by atoms with Crippen molar-refractivity contribution in [3.8, 4) is 11.1 Å². The zero-order valence-corrected chi connectivity index (χ0v) is 18.7. The number of nitrogens with zero attached hydrogens (tertiary/aromatic N) is 1. The Bertz CT molecular complexity index is 1150. The Morgan fingerprint density at radius 3 is 2.30 bits per heavy atom. The van der Waals surface area contributed by atoms with Gasteiger partial charge in [0.25, 0.3) is 0 Å². The van der Waals surface area contributed by atoms with Crippen molar-refractivity contribution in [3.63, 3.8) is 0 Å². The second-order valence-electron chi connectivity index (χ2n) is 7.57. The number of benzene rings is 2. The third kappa shape index (κ3) is 4.88. The molecule has 1 heterocycles. The first-order valence-corrected chi connectivity index (χ1v) is 11.4. The molecular formula is C24H23N3O5S. The lowest BCUT2D eigenvalue weighted by Crippen LogP contribution is -2.46. The monoisotopic (exact) mass is 465 g/mol. The van der Waals surface area contributed by atoms with E-state index in [9.17, 15) is 14.4 Å². The summed E-state index contributed by atoms with van der Waals surface area (Å²) in [5, 5.41) is 14.7. The molecular weight excluding hydrogens is 442 g/mol. The minimum Gasteiger partial charge on any atom is -0.477 e. The van der Waals surface area contributed by atoms with Crippen LogP contribution in [0.25, 0.3) is 11.1 Å². The molecule has 0 saturated heterocycles. The molecule has 3 N–H and O–H groups in total. The second-order valence-corrected chi connectivity index (χ2v) is 8.69. The predicted octanol–water partition coefficient (Wildman–Crippen LogP) is 3.77. The molecule has 4 rings (SSSR count). The molecule has 9 heteroatoms.